The summed E-state index contributed by atoms with van der Waals surface area (Å²) in [6, 6.07) is 0.0211. The number of likely N-dealkylation sites (tertiary alicyclic amines) is 2. The Morgan fingerprint density at radius 2 is 1.90 bits per heavy atom. The Bertz CT molecular complexity index is 381. The molecule has 0 spiro atoms. The lowest BCUT2D eigenvalue weighted by Crippen LogP contribution is -2.59. The summed E-state index contributed by atoms with van der Waals surface area (Å²) < 4.78 is 5.42. The van der Waals surface area contributed by atoms with Crippen LogP contribution in [0, 0.1) is 17.8 Å². The number of carbonyl (C=O) groups is 2. The maximum absolute atomic E-state index is 12.3. The van der Waals surface area contributed by atoms with Gasteiger partial charge in [-0.25, -0.2) is 4.79 Å². The molecule has 0 bridgehead atoms. The van der Waals surface area contributed by atoms with Crippen LogP contribution in [0.4, 0.5) is 4.79 Å². The number of nitrogens with zero attached hydrogens (tertiary/aromatic N) is 2. The van der Waals surface area contributed by atoms with Crippen molar-refractivity contribution in [2.24, 2.45) is 17.8 Å². The van der Waals surface area contributed by atoms with E-state index in [2.05, 4.69) is 6.92 Å². The van der Waals surface area contributed by atoms with E-state index < -0.39 is 5.97 Å². The monoisotopic (exact) mass is 284 g/mol. The van der Waals surface area contributed by atoms with Gasteiger partial charge in [0.25, 0.3) is 0 Å². The zero-order valence-electron chi connectivity index (χ0n) is 12.4. The molecule has 2 amide bonds. The summed E-state index contributed by atoms with van der Waals surface area (Å²) in [5.74, 6) is -0.612. The highest BCUT2D eigenvalue weighted by Gasteiger charge is 2.40. The van der Waals surface area contributed by atoms with Gasteiger partial charge in [-0.1, -0.05) is 13.8 Å². The first-order valence-electron chi connectivity index (χ1n) is 7.23. The zero-order valence-corrected chi connectivity index (χ0v) is 12.4. The third-order valence-corrected chi connectivity index (χ3v) is 4.74. The van der Waals surface area contributed by atoms with Gasteiger partial charge in [0, 0.05) is 39.2 Å². The number of rotatable bonds is 3. The van der Waals surface area contributed by atoms with Crippen molar-refractivity contribution in [2.45, 2.75) is 26.4 Å². The standard InChI is InChI=1S/C14H24N2O4/c1-9-4-5-15(8-12(9)20-3)14(19)16-6-11(7-16)10(2)13(17)18/h9-12H,4-8H2,1-3H3,(H,17,18). The second-order valence-corrected chi connectivity index (χ2v) is 6.06. The minimum absolute atomic E-state index is 0.0211. The minimum Gasteiger partial charge on any atom is -0.481 e. The van der Waals surface area contributed by atoms with Crippen LogP contribution in [-0.4, -0.2) is 66.3 Å². The summed E-state index contributed by atoms with van der Waals surface area (Å²) >= 11 is 0. The van der Waals surface area contributed by atoms with Gasteiger partial charge in [0.2, 0.25) is 0 Å². The van der Waals surface area contributed by atoms with Crippen LogP contribution in [0.2, 0.25) is 0 Å². The van der Waals surface area contributed by atoms with E-state index in [1.807, 2.05) is 4.90 Å². The molecule has 114 valence electrons. The minimum atomic E-state index is -0.784. The van der Waals surface area contributed by atoms with Crippen molar-refractivity contribution in [3.8, 4) is 0 Å². The molecule has 2 heterocycles. The SMILES string of the molecule is COC1CN(C(=O)N2CC(C(C)C(=O)O)C2)CCC1C. The fourth-order valence-electron chi connectivity index (χ4n) is 2.90. The first-order chi connectivity index (χ1) is 9.43. The molecule has 0 aromatic carbocycles. The van der Waals surface area contributed by atoms with Crippen molar-refractivity contribution in [2.75, 3.05) is 33.3 Å². The Morgan fingerprint density at radius 3 is 2.45 bits per heavy atom. The fourth-order valence-corrected chi connectivity index (χ4v) is 2.90. The van der Waals surface area contributed by atoms with Crippen LogP contribution in [-0.2, 0) is 9.53 Å². The molecule has 2 aliphatic rings. The van der Waals surface area contributed by atoms with E-state index in [9.17, 15) is 9.59 Å². The largest absolute Gasteiger partial charge is 0.481 e. The Kier molecular flexibility index (Phi) is 4.52. The summed E-state index contributed by atoms with van der Waals surface area (Å²) in [5, 5.41) is 8.96. The number of aliphatic carboxylic acids is 1. The number of amides is 2. The lowest BCUT2D eigenvalue weighted by Gasteiger charge is -2.45. The van der Waals surface area contributed by atoms with Crippen LogP contribution in [0.1, 0.15) is 20.3 Å². The van der Waals surface area contributed by atoms with Crippen molar-refractivity contribution in [1.29, 1.82) is 0 Å². The average Bonchev–Trinajstić information content (AvgIpc) is 2.37. The molecular formula is C14H24N2O4. The topological polar surface area (TPSA) is 70.1 Å². The maximum Gasteiger partial charge on any atom is 0.320 e. The highest BCUT2D eigenvalue weighted by atomic mass is 16.5. The molecule has 3 atom stereocenters. The van der Waals surface area contributed by atoms with Gasteiger partial charge < -0.3 is 19.6 Å². The van der Waals surface area contributed by atoms with Crippen molar-refractivity contribution >= 4 is 12.0 Å². The van der Waals surface area contributed by atoms with Crippen LogP contribution < -0.4 is 0 Å². The molecule has 0 aliphatic carbocycles. The van der Waals surface area contributed by atoms with Crippen molar-refractivity contribution < 1.29 is 19.4 Å². The van der Waals surface area contributed by atoms with E-state index in [0.29, 0.717) is 25.6 Å². The number of methoxy groups -OCH3 is 1. The fraction of sp³-hybridized carbons (Fsp3) is 0.857. The van der Waals surface area contributed by atoms with Gasteiger partial charge in [-0.2, -0.15) is 0 Å². The lowest BCUT2D eigenvalue weighted by molar-refractivity contribution is -0.145. The summed E-state index contributed by atoms with van der Waals surface area (Å²) in [4.78, 5) is 26.8. The Labute approximate surface area is 119 Å². The quantitative estimate of drug-likeness (QED) is 0.843. The van der Waals surface area contributed by atoms with E-state index >= 15 is 0 Å². The molecule has 20 heavy (non-hydrogen) atoms. The number of ether oxygens (including phenoxy) is 1. The molecule has 6 heteroatoms. The van der Waals surface area contributed by atoms with Gasteiger partial charge >= 0.3 is 12.0 Å². The number of carboxylic acid groups (broad SMARTS) is 1. The predicted molar refractivity (Wildman–Crippen MR) is 73.4 cm³/mol. The molecule has 2 saturated heterocycles. The van der Waals surface area contributed by atoms with Gasteiger partial charge in [-0.3, -0.25) is 4.79 Å². The van der Waals surface area contributed by atoms with Crippen molar-refractivity contribution in [3.05, 3.63) is 0 Å². The third kappa shape index (κ3) is 2.90. The maximum atomic E-state index is 12.3. The van der Waals surface area contributed by atoms with Crippen LogP contribution in [0.5, 0.6) is 0 Å². The van der Waals surface area contributed by atoms with Crippen LogP contribution in [0.25, 0.3) is 0 Å². The normalized spacial score (nSPS) is 28.9. The van der Waals surface area contributed by atoms with Gasteiger partial charge in [-0.05, 0) is 12.3 Å². The van der Waals surface area contributed by atoms with E-state index in [1.165, 1.54) is 0 Å². The smallest absolute Gasteiger partial charge is 0.320 e. The average molecular weight is 284 g/mol. The molecule has 2 rings (SSSR count). The molecule has 2 aliphatic heterocycles. The van der Waals surface area contributed by atoms with Crippen LogP contribution >= 0.6 is 0 Å². The highest BCUT2D eigenvalue weighted by molar-refractivity contribution is 5.76. The van der Waals surface area contributed by atoms with Gasteiger partial charge in [0.1, 0.15) is 0 Å². The second-order valence-electron chi connectivity index (χ2n) is 6.06. The van der Waals surface area contributed by atoms with Gasteiger partial charge in [-0.15, -0.1) is 0 Å². The Balaban J connectivity index is 1.83. The Hall–Kier alpha value is -1.30. The molecule has 6 nitrogen and oxygen atoms in total. The number of piperidine rings is 1. The first kappa shape index (κ1) is 15.1. The Morgan fingerprint density at radius 1 is 1.25 bits per heavy atom. The van der Waals surface area contributed by atoms with Crippen molar-refractivity contribution in [1.82, 2.24) is 9.80 Å². The number of carbonyl (C=O) groups excluding carboxylic acids is 1. The molecule has 3 unspecified atom stereocenters. The molecule has 0 saturated carbocycles. The number of carboxylic acids is 1. The van der Waals surface area contributed by atoms with E-state index in [-0.39, 0.29) is 24.0 Å². The second kappa shape index (κ2) is 5.99. The van der Waals surface area contributed by atoms with E-state index in [4.69, 9.17) is 9.84 Å². The summed E-state index contributed by atoms with van der Waals surface area (Å²) in [7, 11) is 1.68. The van der Waals surface area contributed by atoms with E-state index in [0.717, 1.165) is 13.0 Å². The number of urea groups is 1. The number of hydrogen-bond donors (Lipinski definition) is 1. The molecule has 1 N–H and O–H groups in total. The van der Waals surface area contributed by atoms with Crippen LogP contribution in [0.3, 0.4) is 0 Å². The molecular weight excluding hydrogens is 260 g/mol. The number of hydrogen-bond acceptors (Lipinski definition) is 3. The summed E-state index contributed by atoms with van der Waals surface area (Å²) in [5.41, 5.74) is 0. The third-order valence-electron chi connectivity index (χ3n) is 4.74. The molecule has 0 radical (unpaired) electrons. The van der Waals surface area contributed by atoms with Gasteiger partial charge in [0.05, 0.1) is 12.0 Å². The first-order valence-corrected chi connectivity index (χ1v) is 7.23. The molecule has 0 aromatic rings. The molecule has 0 aromatic heterocycles. The summed E-state index contributed by atoms with van der Waals surface area (Å²) in [6.45, 7) is 6.34. The summed E-state index contributed by atoms with van der Waals surface area (Å²) in [6.07, 6.45) is 1.05. The van der Waals surface area contributed by atoms with Crippen LogP contribution in [0.15, 0.2) is 0 Å². The lowest BCUT2D eigenvalue weighted by atomic mass is 9.87. The predicted octanol–water partition coefficient (Wildman–Crippen LogP) is 1.12. The highest BCUT2D eigenvalue weighted by Crippen LogP contribution is 2.27. The van der Waals surface area contributed by atoms with E-state index in [1.54, 1.807) is 18.9 Å². The zero-order chi connectivity index (χ0) is 14.9. The van der Waals surface area contributed by atoms with Crippen molar-refractivity contribution in [3.63, 3.8) is 0 Å². The molecule has 2 fully saturated rings. The van der Waals surface area contributed by atoms with Gasteiger partial charge in [0.15, 0.2) is 0 Å².